The zero-order chi connectivity index (χ0) is 13.6. The number of nitrogens with zero attached hydrogens (tertiary/aromatic N) is 4. The van der Waals surface area contributed by atoms with E-state index in [2.05, 4.69) is 33.4 Å². The molecule has 1 aliphatic rings. The minimum atomic E-state index is 0.408. The van der Waals surface area contributed by atoms with E-state index in [0.717, 1.165) is 36.2 Å². The molecule has 3 heterocycles. The zero-order valence-corrected chi connectivity index (χ0v) is 11.8. The Balaban J connectivity index is 2.04. The molecule has 1 aliphatic heterocycles. The van der Waals surface area contributed by atoms with Crippen LogP contribution in [-0.4, -0.2) is 39.1 Å². The number of hydrogen-bond donors (Lipinski definition) is 1. The number of rotatable bonds is 1. The van der Waals surface area contributed by atoms with Crippen LogP contribution in [0, 0.1) is 6.92 Å². The van der Waals surface area contributed by atoms with Gasteiger partial charge >= 0.3 is 0 Å². The Kier molecular flexibility index (Phi) is 2.93. The highest BCUT2D eigenvalue weighted by molar-refractivity contribution is 5.74. The van der Waals surface area contributed by atoms with Crippen molar-refractivity contribution in [2.75, 3.05) is 19.3 Å². The summed E-state index contributed by atoms with van der Waals surface area (Å²) in [6, 6.07) is 4.96. The first-order chi connectivity index (χ1) is 9.06. The lowest BCUT2D eigenvalue weighted by atomic mass is 9.99. The molecular formula is C14H21N5. The molecule has 5 nitrogen and oxygen atoms in total. The van der Waals surface area contributed by atoms with Gasteiger partial charge in [0.05, 0.1) is 0 Å². The van der Waals surface area contributed by atoms with E-state index < -0.39 is 0 Å². The van der Waals surface area contributed by atoms with Crippen LogP contribution in [0.2, 0.25) is 0 Å². The topological polar surface area (TPSA) is 60.0 Å². The Bertz CT molecular complexity index is 603. The molecule has 0 aliphatic carbocycles. The Morgan fingerprint density at radius 1 is 1.32 bits per heavy atom. The molecule has 2 aromatic rings. The Labute approximate surface area is 113 Å². The number of piperidine rings is 1. The third-order valence-electron chi connectivity index (χ3n) is 4.25. The fourth-order valence-electron chi connectivity index (χ4n) is 2.95. The van der Waals surface area contributed by atoms with Gasteiger partial charge in [-0.1, -0.05) is 0 Å². The molecule has 102 valence electrons. The van der Waals surface area contributed by atoms with Crippen molar-refractivity contribution in [1.29, 1.82) is 0 Å². The molecule has 2 atom stereocenters. The maximum absolute atomic E-state index is 6.11. The molecule has 2 aromatic heterocycles. The van der Waals surface area contributed by atoms with Crippen molar-refractivity contribution in [3.63, 3.8) is 0 Å². The number of pyridine rings is 1. The average molecular weight is 259 g/mol. The second-order valence-corrected chi connectivity index (χ2v) is 5.64. The van der Waals surface area contributed by atoms with Gasteiger partial charge in [0.25, 0.3) is 0 Å². The molecule has 19 heavy (non-hydrogen) atoms. The van der Waals surface area contributed by atoms with Gasteiger partial charge in [0, 0.05) is 24.3 Å². The fourth-order valence-corrected chi connectivity index (χ4v) is 2.95. The summed E-state index contributed by atoms with van der Waals surface area (Å²) in [6.45, 7) is 5.36. The standard InChI is InChI=1S/C14H21N5/c1-9-4-5-12-13(16-9)19(14(15)17-12)11-6-7-18(3)10(2)8-11/h4-5,10-11H,6-8H2,1-3H3,(H2,15,17). The lowest BCUT2D eigenvalue weighted by molar-refractivity contribution is 0.159. The quantitative estimate of drug-likeness (QED) is 0.850. The van der Waals surface area contributed by atoms with Crippen molar-refractivity contribution >= 4 is 17.1 Å². The van der Waals surface area contributed by atoms with Crippen LogP contribution in [0.25, 0.3) is 11.2 Å². The first-order valence-electron chi connectivity index (χ1n) is 6.87. The smallest absolute Gasteiger partial charge is 0.202 e. The van der Waals surface area contributed by atoms with Crippen molar-refractivity contribution in [3.05, 3.63) is 17.8 Å². The van der Waals surface area contributed by atoms with Gasteiger partial charge in [-0.2, -0.15) is 0 Å². The predicted octanol–water partition coefficient (Wildman–Crippen LogP) is 1.98. The van der Waals surface area contributed by atoms with Crippen LogP contribution in [0.3, 0.4) is 0 Å². The summed E-state index contributed by atoms with van der Waals surface area (Å²) < 4.78 is 2.13. The van der Waals surface area contributed by atoms with Crippen LogP contribution < -0.4 is 5.73 Å². The molecule has 0 bridgehead atoms. The van der Waals surface area contributed by atoms with Crippen LogP contribution in [0.4, 0.5) is 5.95 Å². The maximum atomic E-state index is 6.11. The van der Waals surface area contributed by atoms with Crippen molar-refractivity contribution in [3.8, 4) is 0 Å². The molecule has 0 saturated carbocycles. The number of likely N-dealkylation sites (tertiary alicyclic amines) is 1. The molecule has 0 amide bonds. The van der Waals surface area contributed by atoms with Crippen LogP contribution >= 0.6 is 0 Å². The van der Waals surface area contributed by atoms with Gasteiger partial charge in [-0.25, -0.2) is 9.97 Å². The van der Waals surface area contributed by atoms with E-state index in [4.69, 9.17) is 5.73 Å². The van der Waals surface area contributed by atoms with Crippen LogP contribution in [0.5, 0.6) is 0 Å². The van der Waals surface area contributed by atoms with Crippen molar-refractivity contribution in [1.82, 2.24) is 19.4 Å². The van der Waals surface area contributed by atoms with E-state index in [1.165, 1.54) is 0 Å². The summed E-state index contributed by atoms with van der Waals surface area (Å²) in [5.74, 6) is 0.592. The molecule has 2 unspecified atom stereocenters. The number of fused-ring (bicyclic) bond motifs is 1. The van der Waals surface area contributed by atoms with E-state index in [9.17, 15) is 0 Å². The van der Waals surface area contributed by atoms with Crippen LogP contribution in [-0.2, 0) is 0 Å². The number of hydrogen-bond acceptors (Lipinski definition) is 4. The highest BCUT2D eigenvalue weighted by Gasteiger charge is 2.27. The lowest BCUT2D eigenvalue weighted by Gasteiger charge is -2.35. The van der Waals surface area contributed by atoms with Gasteiger partial charge in [0.2, 0.25) is 5.95 Å². The Morgan fingerprint density at radius 3 is 2.84 bits per heavy atom. The predicted molar refractivity (Wildman–Crippen MR) is 77.0 cm³/mol. The molecule has 5 heteroatoms. The van der Waals surface area contributed by atoms with E-state index in [-0.39, 0.29) is 0 Å². The summed E-state index contributed by atoms with van der Waals surface area (Å²) in [5, 5.41) is 0. The number of aryl methyl sites for hydroxylation is 1. The summed E-state index contributed by atoms with van der Waals surface area (Å²) in [4.78, 5) is 11.5. The summed E-state index contributed by atoms with van der Waals surface area (Å²) in [7, 11) is 2.18. The highest BCUT2D eigenvalue weighted by Crippen LogP contribution is 2.31. The highest BCUT2D eigenvalue weighted by atomic mass is 15.2. The van der Waals surface area contributed by atoms with E-state index >= 15 is 0 Å². The number of aromatic nitrogens is 3. The number of anilines is 1. The van der Waals surface area contributed by atoms with Crippen molar-refractivity contribution < 1.29 is 0 Å². The molecule has 0 aromatic carbocycles. The Hall–Kier alpha value is -1.62. The number of nitrogen functional groups attached to an aromatic ring is 1. The summed E-state index contributed by atoms with van der Waals surface area (Å²) in [5.41, 5.74) is 8.95. The maximum Gasteiger partial charge on any atom is 0.202 e. The van der Waals surface area contributed by atoms with Gasteiger partial charge in [0.1, 0.15) is 5.52 Å². The van der Waals surface area contributed by atoms with Gasteiger partial charge < -0.3 is 10.6 Å². The fraction of sp³-hybridized carbons (Fsp3) is 0.571. The molecular weight excluding hydrogens is 238 g/mol. The first-order valence-corrected chi connectivity index (χ1v) is 6.87. The number of nitrogens with two attached hydrogens (primary N) is 1. The molecule has 0 spiro atoms. The monoisotopic (exact) mass is 259 g/mol. The largest absolute Gasteiger partial charge is 0.369 e. The van der Waals surface area contributed by atoms with E-state index in [1.807, 2.05) is 19.1 Å². The van der Waals surface area contributed by atoms with E-state index in [1.54, 1.807) is 0 Å². The molecule has 1 fully saturated rings. The molecule has 1 saturated heterocycles. The molecule has 2 N–H and O–H groups in total. The minimum Gasteiger partial charge on any atom is -0.369 e. The summed E-state index contributed by atoms with van der Waals surface area (Å²) >= 11 is 0. The van der Waals surface area contributed by atoms with Crippen molar-refractivity contribution in [2.24, 2.45) is 0 Å². The number of imidazole rings is 1. The second kappa shape index (κ2) is 4.49. The average Bonchev–Trinajstić information content (AvgIpc) is 2.68. The lowest BCUT2D eigenvalue weighted by Crippen LogP contribution is -2.38. The molecule has 3 rings (SSSR count). The van der Waals surface area contributed by atoms with Crippen molar-refractivity contribution in [2.45, 2.75) is 38.8 Å². The Morgan fingerprint density at radius 2 is 2.11 bits per heavy atom. The van der Waals surface area contributed by atoms with Gasteiger partial charge in [-0.05, 0) is 45.9 Å². The first kappa shape index (κ1) is 12.4. The van der Waals surface area contributed by atoms with Gasteiger partial charge in [-0.15, -0.1) is 0 Å². The summed E-state index contributed by atoms with van der Waals surface area (Å²) in [6.07, 6.45) is 2.20. The zero-order valence-electron chi connectivity index (χ0n) is 11.8. The SMILES string of the molecule is Cc1ccc2nc(N)n(C3CCN(C)C(C)C3)c2n1. The van der Waals surface area contributed by atoms with Gasteiger partial charge in [0.15, 0.2) is 5.65 Å². The van der Waals surface area contributed by atoms with Crippen LogP contribution in [0.15, 0.2) is 12.1 Å². The second-order valence-electron chi connectivity index (χ2n) is 5.64. The van der Waals surface area contributed by atoms with Crippen LogP contribution in [0.1, 0.15) is 31.5 Å². The normalized spacial score (nSPS) is 25.0. The van der Waals surface area contributed by atoms with Gasteiger partial charge in [-0.3, -0.25) is 4.57 Å². The molecule has 0 radical (unpaired) electrons. The third kappa shape index (κ3) is 2.08. The van der Waals surface area contributed by atoms with E-state index in [0.29, 0.717) is 18.0 Å². The minimum absolute atomic E-state index is 0.408. The third-order valence-corrected chi connectivity index (χ3v) is 4.25.